The molecule has 3 saturated heterocycles. The zero-order valence-corrected chi connectivity index (χ0v) is 48.6. The van der Waals surface area contributed by atoms with Crippen molar-refractivity contribution in [2.75, 3.05) is 31.4 Å². The highest BCUT2D eigenvalue weighted by atomic mass is 127. The number of pyridine rings is 4. The molecule has 0 bridgehead atoms. The van der Waals surface area contributed by atoms with Crippen molar-refractivity contribution in [1.29, 1.82) is 0 Å². The van der Waals surface area contributed by atoms with Crippen molar-refractivity contribution in [3.63, 3.8) is 0 Å². The van der Waals surface area contributed by atoms with E-state index in [-0.39, 0.29) is 67.1 Å². The van der Waals surface area contributed by atoms with Gasteiger partial charge in [-0.15, -0.1) is 0 Å². The minimum atomic E-state index is -0.526. The predicted octanol–water partition coefficient (Wildman–Crippen LogP) is 7.67. The fourth-order valence-electron chi connectivity index (χ4n) is 5.63. The molecule has 0 saturated carbocycles. The Balaban J connectivity index is 0.000000870. The number of hydrogen-bond acceptors (Lipinski definition) is 14. The van der Waals surface area contributed by atoms with Crippen LogP contribution in [0.4, 0.5) is 0 Å². The van der Waals surface area contributed by atoms with E-state index in [2.05, 4.69) is 80.3 Å². The molecule has 4 aromatic heterocycles. The number of aliphatic hydroxyl groups excluding tert-OH is 3. The van der Waals surface area contributed by atoms with E-state index >= 15 is 0 Å². The van der Waals surface area contributed by atoms with Crippen LogP contribution in [0.1, 0.15) is 97.9 Å². The van der Waals surface area contributed by atoms with Crippen LogP contribution >= 0.6 is 70.4 Å². The topological polar surface area (TPSA) is 215 Å². The second kappa shape index (κ2) is 30.4. The highest BCUT2D eigenvalue weighted by Crippen LogP contribution is 2.43. The number of methoxy groups -OCH3 is 1. The molecule has 0 spiro atoms. The lowest BCUT2D eigenvalue weighted by Crippen LogP contribution is -2.41. The molecule has 0 atom stereocenters. The van der Waals surface area contributed by atoms with Crippen molar-refractivity contribution in [3.8, 4) is 5.88 Å². The quantitative estimate of drug-likeness (QED) is 0.0757. The maximum Gasteiger partial charge on any atom is 0.495 e. The Bertz CT molecular complexity index is 2310. The maximum atomic E-state index is 11.9. The molecular formula is C47H75B3Br3IN4O13. The van der Waals surface area contributed by atoms with E-state index in [1.165, 1.54) is 27.3 Å². The Morgan fingerprint density at radius 1 is 0.606 bits per heavy atom. The van der Waals surface area contributed by atoms with Crippen LogP contribution < -0.4 is 26.9 Å². The number of alkyl halides is 1. The summed E-state index contributed by atoms with van der Waals surface area (Å²) in [6, 6.07) is 13.4. The molecule has 3 fully saturated rings. The molecule has 0 aromatic carbocycles. The first-order valence-corrected chi connectivity index (χ1v) is 25.8. The lowest BCUT2D eigenvalue weighted by atomic mass is 9.49. The van der Waals surface area contributed by atoms with Crippen molar-refractivity contribution in [2.24, 2.45) is 0 Å². The van der Waals surface area contributed by atoms with E-state index in [1.54, 1.807) is 56.2 Å². The molecule has 398 valence electrons. The van der Waals surface area contributed by atoms with Gasteiger partial charge in [0.1, 0.15) is 0 Å². The van der Waals surface area contributed by atoms with Gasteiger partial charge in [-0.2, -0.15) is 0 Å². The first-order valence-electron chi connectivity index (χ1n) is 21.9. The lowest BCUT2D eigenvalue weighted by Gasteiger charge is -2.32. The predicted molar refractivity (Wildman–Crippen MR) is 304 cm³/mol. The molecule has 4 aromatic rings. The number of hydrogen-bond donors (Lipinski definition) is 4. The van der Waals surface area contributed by atoms with Gasteiger partial charge >= 0.3 is 21.1 Å². The minimum Gasteiger partial charge on any atom is -0.481 e. The zero-order valence-electron chi connectivity index (χ0n) is 41.7. The summed E-state index contributed by atoms with van der Waals surface area (Å²) in [5, 5.41) is 25.3. The Morgan fingerprint density at radius 2 is 1.00 bits per heavy atom. The molecular weight excluding hydrogens is 1230 g/mol. The van der Waals surface area contributed by atoms with Crippen LogP contribution in [0.5, 0.6) is 5.88 Å². The molecule has 17 nitrogen and oxygen atoms in total. The molecule has 3 aliphatic rings. The number of aromatic amines is 1. The van der Waals surface area contributed by atoms with Gasteiger partial charge < -0.3 is 62.1 Å². The normalized spacial score (nSPS) is 17.8. The van der Waals surface area contributed by atoms with E-state index in [9.17, 15) is 14.4 Å². The number of H-pyrrole nitrogens is 1. The summed E-state index contributed by atoms with van der Waals surface area (Å²) in [6.45, 7) is 25.0. The highest BCUT2D eigenvalue weighted by molar-refractivity contribution is 14.1. The number of aliphatic hydroxyl groups is 3. The van der Waals surface area contributed by atoms with E-state index in [0.29, 0.717) is 31.0 Å². The molecule has 0 aliphatic carbocycles. The Labute approximate surface area is 460 Å². The summed E-state index contributed by atoms with van der Waals surface area (Å²) in [7, 11) is 0.114. The van der Waals surface area contributed by atoms with Gasteiger partial charge in [-0.05, 0) is 113 Å². The molecule has 71 heavy (non-hydrogen) atoms. The molecule has 0 radical (unpaired) electrons. The first-order chi connectivity index (χ1) is 31.9. The van der Waals surface area contributed by atoms with E-state index < -0.39 is 32.3 Å². The van der Waals surface area contributed by atoms with Gasteiger partial charge in [0.2, 0.25) is 17.0 Å². The second-order valence-corrected chi connectivity index (χ2v) is 22.3. The van der Waals surface area contributed by atoms with Crippen LogP contribution in [0.2, 0.25) is 0 Å². The highest BCUT2D eigenvalue weighted by Gasteiger charge is 2.63. The van der Waals surface area contributed by atoms with Gasteiger partial charge in [0, 0.05) is 80.0 Å². The smallest absolute Gasteiger partial charge is 0.481 e. The average Bonchev–Trinajstić information content (AvgIpc) is 3.73. The number of nitrogens with one attached hydrogen (secondary N) is 1. The third-order valence-corrected chi connectivity index (χ3v) is 13.6. The van der Waals surface area contributed by atoms with Crippen LogP contribution in [0.15, 0.2) is 101 Å². The molecule has 24 heteroatoms. The van der Waals surface area contributed by atoms with Crippen molar-refractivity contribution in [3.05, 3.63) is 118 Å². The van der Waals surface area contributed by atoms with Gasteiger partial charge in [-0.25, -0.2) is 4.98 Å². The summed E-state index contributed by atoms with van der Waals surface area (Å²) in [5.74, 6) is 0.629. The van der Waals surface area contributed by atoms with Crippen LogP contribution in [0.3, 0.4) is 0 Å². The van der Waals surface area contributed by atoms with Gasteiger partial charge in [0.05, 0.1) is 60.5 Å². The van der Waals surface area contributed by atoms with Gasteiger partial charge in [0.25, 0.3) is 5.56 Å². The summed E-state index contributed by atoms with van der Waals surface area (Å²) in [4.78, 5) is 39.7. The molecule has 0 unspecified atom stereocenters. The number of halogens is 4. The van der Waals surface area contributed by atoms with Crippen molar-refractivity contribution in [2.45, 2.75) is 145 Å². The fourth-order valence-corrected chi connectivity index (χ4v) is 6.60. The average molecular weight is 1300 g/mol. The van der Waals surface area contributed by atoms with Crippen molar-refractivity contribution in [1.82, 2.24) is 19.1 Å². The minimum absolute atomic E-state index is 0. The summed E-state index contributed by atoms with van der Waals surface area (Å²) in [5.41, 5.74) is -1.92. The Hall–Kier alpha value is -2.20. The monoisotopic (exact) mass is 1300 g/mol. The molecule has 7 heterocycles. The van der Waals surface area contributed by atoms with Crippen LogP contribution in [-0.4, -0.2) is 121 Å². The Kier molecular flexibility index (Phi) is 29.4. The van der Waals surface area contributed by atoms with Crippen molar-refractivity contribution >= 4 is 97.0 Å². The first kappa shape index (κ1) is 68.8. The molecule has 4 N–H and O–H groups in total. The van der Waals surface area contributed by atoms with Crippen molar-refractivity contribution < 1.29 is 48.0 Å². The Morgan fingerprint density at radius 3 is 1.32 bits per heavy atom. The van der Waals surface area contributed by atoms with Crippen LogP contribution in [-0.2, 0) is 41.0 Å². The summed E-state index contributed by atoms with van der Waals surface area (Å²) >= 11 is 11.7. The standard InChI is InChI=1S/C13H20BNO4.C12H24B2O4.C7H8BrNO2.C6H6BrNO.C5H4BrNO.C2H5IO.2CH4/c1-12(2)13(3,4)19-14(18-12)10-5-6-15(7-8-16)11(17)9-10;1-9(2)10(3,4)16-13(15-9)14-17-11(5,6)12(7,8)18-14;8-6-1-2-9(3-4-10)7(11)5-6;1-9-6-4-5(7)2-3-8-6;6-4-1-2-7-5(8)3-4;3-1-2-4;;/h5-6,9,16H,7-8H2,1-4H3;1-8H3;1-2,5,10H,3-4H2;2-4H,1H3;1-3H,(H,7,8);4H,1-2H2;2*1H4. The summed E-state index contributed by atoms with van der Waals surface area (Å²) < 4.78 is 46.8. The van der Waals surface area contributed by atoms with Gasteiger partial charge in [0.15, 0.2) is 0 Å². The number of rotatable bonds is 8. The number of nitrogens with zero attached hydrogens (tertiary/aromatic N) is 3. The molecule has 3 aliphatic heterocycles. The summed E-state index contributed by atoms with van der Waals surface area (Å²) in [6.07, 6.45) is 6.57. The number of ether oxygens (including phenoxy) is 1. The lowest BCUT2D eigenvalue weighted by molar-refractivity contribution is 0.00578. The largest absolute Gasteiger partial charge is 0.495 e. The van der Waals surface area contributed by atoms with E-state index in [1.807, 2.05) is 89.2 Å². The molecule has 7 rings (SSSR count). The van der Waals surface area contributed by atoms with Gasteiger partial charge in [-0.1, -0.05) is 85.2 Å². The SMILES string of the molecule is C.C.CC1(C)OB(B2OC(C)(C)C(C)(C)O2)OC1(C)C.CC1(C)OB(c2ccn(CCO)c(=O)c2)OC1(C)C.COc1cc(Br)ccn1.O=c1cc(Br)cc[nH]1.O=c1cc(Br)ccn1CCO.OCCI. The van der Waals surface area contributed by atoms with E-state index in [0.717, 1.165) is 17.8 Å². The van der Waals surface area contributed by atoms with E-state index in [4.69, 9.17) is 48.0 Å². The third-order valence-electron chi connectivity index (χ3n) is 11.7. The fraction of sp³-hybridized carbons (Fsp3) is 0.574. The van der Waals surface area contributed by atoms with Crippen LogP contribution in [0.25, 0.3) is 0 Å². The third kappa shape index (κ3) is 21.2. The molecule has 0 amide bonds. The van der Waals surface area contributed by atoms with Gasteiger partial charge in [-0.3, -0.25) is 14.4 Å². The second-order valence-electron chi connectivity index (χ2n) is 18.5. The number of aromatic nitrogens is 4. The van der Waals surface area contributed by atoms with Crippen LogP contribution in [0, 0.1) is 0 Å². The maximum absolute atomic E-state index is 11.9. The zero-order chi connectivity index (χ0) is 52.6.